The van der Waals surface area contributed by atoms with Gasteiger partial charge in [-0.3, -0.25) is 15.0 Å². The predicted octanol–water partition coefficient (Wildman–Crippen LogP) is 1.38. The number of aromatic nitrogens is 2. The zero-order valence-electron chi connectivity index (χ0n) is 9.45. The van der Waals surface area contributed by atoms with Gasteiger partial charge in [0.25, 0.3) is 0 Å². The minimum Gasteiger partial charge on any atom is -0.327 e. The third kappa shape index (κ3) is 1.94. The van der Waals surface area contributed by atoms with Crippen molar-refractivity contribution >= 4 is 6.72 Å². The van der Waals surface area contributed by atoms with Crippen LogP contribution in [0.3, 0.4) is 0 Å². The molecular weight excluding hydrogens is 212 g/mol. The average Bonchev–Trinajstić information content (AvgIpc) is 2.43. The molecule has 0 saturated heterocycles. The molecule has 4 nitrogen and oxygen atoms in total. The Balaban J connectivity index is 2.58. The fourth-order valence-electron chi connectivity index (χ4n) is 1.78. The van der Waals surface area contributed by atoms with Crippen molar-refractivity contribution in [2.75, 3.05) is 6.54 Å². The molecule has 0 saturated carbocycles. The lowest BCUT2D eigenvalue weighted by molar-refractivity contribution is 0.525. The van der Waals surface area contributed by atoms with Gasteiger partial charge in [0.15, 0.2) is 5.54 Å². The monoisotopic (exact) mass is 226 g/mol. The molecule has 0 radical (unpaired) electrons. The smallest absolute Gasteiger partial charge is 0.155 e. The Bertz CT molecular complexity index is 442. The average molecular weight is 226 g/mol. The molecule has 4 heteroatoms. The van der Waals surface area contributed by atoms with E-state index in [9.17, 15) is 0 Å². The zero-order valence-corrected chi connectivity index (χ0v) is 9.45. The van der Waals surface area contributed by atoms with E-state index < -0.39 is 5.54 Å². The van der Waals surface area contributed by atoms with Gasteiger partial charge in [-0.15, -0.1) is 0 Å². The predicted molar refractivity (Wildman–Crippen MR) is 67.9 cm³/mol. The lowest BCUT2D eigenvalue weighted by Crippen LogP contribution is -2.36. The summed E-state index contributed by atoms with van der Waals surface area (Å²) in [5, 5.41) is 0. The Morgan fingerprint density at radius 1 is 1.06 bits per heavy atom. The highest BCUT2D eigenvalue weighted by Crippen LogP contribution is 2.29. The van der Waals surface area contributed by atoms with E-state index >= 15 is 0 Å². The quantitative estimate of drug-likeness (QED) is 0.801. The zero-order chi connectivity index (χ0) is 12.1. The lowest BCUT2D eigenvalue weighted by Gasteiger charge is -2.26. The number of nitrogens with two attached hydrogens (primary N) is 1. The van der Waals surface area contributed by atoms with E-state index in [0.29, 0.717) is 0 Å². The summed E-state index contributed by atoms with van der Waals surface area (Å²) in [7, 11) is 0. The second kappa shape index (κ2) is 4.84. The van der Waals surface area contributed by atoms with E-state index in [1.165, 1.54) is 0 Å². The molecule has 0 fully saturated rings. The molecule has 0 spiro atoms. The van der Waals surface area contributed by atoms with Crippen LogP contribution in [0.15, 0.2) is 53.8 Å². The number of hydrogen-bond acceptors (Lipinski definition) is 4. The molecule has 2 rings (SSSR count). The molecule has 2 N–H and O–H groups in total. The maximum absolute atomic E-state index is 5.87. The summed E-state index contributed by atoms with van der Waals surface area (Å²) < 4.78 is 0. The largest absolute Gasteiger partial charge is 0.327 e. The van der Waals surface area contributed by atoms with E-state index in [0.717, 1.165) is 11.4 Å². The highest BCUT2D eigenvalue weighted by Gasteiger charge is 2.34. The first-order valence-corrected chi connectivity index (χ1v) is 5.34. The summed E-state index contributed by atoms with van der Waals surface area (Å²) in [6.07, 6.45) is 3.43. The third-order valence-electron chi connectivity index (χ3n) is 2.74. The molecule has 0 atom stereocenters. The molecular formula is C13H14N4. The van der Waals surface area contributed by atoms with Gasteiger partial charge in [-0.05, 0) is 31.0 Å². The first kappa shape index (κ1) is 11.4. The van der Waals surface area contributed by atoms with Crippen molar-refractivity contribution in [3.05, 3.63) is 60.2 Å². The summed E-state index contributed by atoms with van der Waals surface area (Å²) in [5.74, 6) is 0. The van der Waals surface area contributed by atoms with Gasteiger partial charge in [0.1, 0.15) is 0 Å². The summed E-state index contributed by atoms with van der Waals surface area (Å²) in [5.41, 5.74) is 6.63. The van der Waals surface area contributed by atoms with Crippen molar-refractivity contribution in [1.29, 1.82) is 0 Å². The van der Waals surface area contributed by atoms with Crippen molar-refractivity contribution in [2.24, 2.45) is 10.7 Å². The minimum absolute atomic E-state index is 0.282. The second-order valence-corrected chi connectivity index (χ2v) is 3.65. The maximum atomic E-state index is 5.87. The topological polar surface area (TPSA) is 64.2 Å². The number of rotatable bonds is 4. The fraction of sp³-hybridized carbons (Fsp3) is 0.154. The Labute approximate surface area is 100 Å². The van der Waals surface area contributed by atoms with E-state index in [-0.39, 0.29) is 6.54 Å². The first-order chi connectivity index (χ1) is 8.33. The first-order valence-electron chi connectivity index (χ1n) is 5.34. The summed E-state index contributed by atoms with van der Waals surface area (Å²) in [4.78, 5) is 12.8. The molecule has 2 aromatic rings. The molecule has 0 unspecified atom stereocenters. The van der Waals surface area contributed by atoms with Crippen LogP contribution in [0.4, 0.5) is 0 Å². The molecule has 0 aliphatic heterocycles. The van der Waals surface area contributed by atoms with E-state index in [4.69, 9.17) is 5.73 Å². The number of hydrogen-bond donors (Lipinski definition) is 1. The maximum Gasteiger partial charge on any atom is 0.155 e. The van der Waals surface area contributed by atoms with Crippen LogP contribution in [0.25, 0.3) is 0 Å². The van der Waals surface area contributed by atoms with Gasteiger partial charge < -0.3 is 5.73 Å². The standard InChI is InChI=1S/C13H14N4/c1-15-13(10-14,11-6-2-4-8-16-11)12-7-3-5-9-17-12/h2-9H,1,10,14H2. The fourth-order valence-corrected chi connectivity index (χ4v) is 1.78. The van der Waals surface area contributed by atoms with Gasteiger partial charge in [0.2, 0.25) is 0 Å². The summed E-state index contributed by atoms with van der Waals surface area (Å²) >= 11 is 0. The Morgan fingerprint density at radius 3 is 1.88 bits per heavy atom. The van der Waals surface area contributed by atoms with Gasteiger partial charge in [-0.25, -0.2) is 0 Å². The van der Waals surface area contributed by atoms with Gasteiger partial charge >= 0.3 is 0 Å². The molecule has 0 bridgehead atoms. The van der Waals surface area contributed by atoms with Crippen molar-refractivity contribution in [3.63, 3.8) is 0 Å². The van der Waals surface area contributed by atoms with Crippen LogP contribution in [-0.4, -0.2) is 23.2 Å². The van der Waals surface area contributed by atoms with Crippen LogP contribution in [0, 0.1) is 0 Å². The normalized spacial score (nSPS) is 11.1. The van der Waals surface area contributed by atoms with Crippen LogP contribution in [0.2, 0.25) is 0 Å². The molecule has 2 aromatic heterocycles. The Kier molecular flexibility index (Phi) is 3.25. The van der Waals surface area contributed by atoms with E-state index in [2.05, 4.69) is 21.7 Å². The molecule has 2 heterocycles. The van der Waals surface area contributed by atoms with E-state index in [1.54, 1.807) is 12.4 Å². The van der Waals surface area contributed by atoms with Crippen LogP contribution in [0.5, 0.6) is 0 Å². The van der Waals surface area contributed by atoms with E-state index in [1.807, 2.05) is 36.4 Å². The van der Waals surface area contributed by atoms with Gasteiger partial charge in [0, 0.05) is 18.9 Å². The van der Waals surface area contributed by atoms with Gasteiger partial charge in [-0.2, -0.15) is 0 Å². The molecule has 0 aromatic carbocycles. The van der Waals surface area contributed by atoms with Gasteiger partial charge in [0.05, 0.1) is 11.4 Å². The molecule has 17 heavy (non-hydrogen) atoms. The van der Waals surface area contributed by atoms with Crippen LogP contribution >= 0.6 is 0 Å². The molecule has 86 valence electrons. The Hall–Kier alpha value is -2.07. The minimum atomic E-state index is -0.761. The lowest BCUT2D eigenvalue weighted by atomic mass is 9.91. The van der Waals surface area contributed by atoms with Crippen LogP contribution in [0.1, 0.15) is 11.4 Å². The van der Waals surface area contributed by atoms with Gasteiger partial charge in [-0.1, -0.05) is 12.1 Å². The SMILES string of the molecule is C=NC(CN)(c1ccccn1)c1ccccn1. The molecule has 0 aliphatic carbocycles. The summed E-state index contributed by atoms with van der Waals surface area (Å²) in [6, 6.07) is 11.3. The number of aliphatic imine (C=N–C) groups is 1. The Morgan fingerprint density at radius 2 is 1.59 bits per heavy atom. The third-order valence-corrected chi connectivity index (χ3v) is 2.74. The van der Waals surface area contributed by atoms with Crippen LogP contribution < -0.4 is 5.73 Å². The van der Waals surface area contributed by atoms with Crippen molar-refractivity contribution in [2.45, 2.75) is 5.54 Å². The molecule has 0 aliphatic rings. The highest BCUT2D eigenvalue weighted by atomic mass is 15.0. The van der Waals surface area contributed by atoms with Crippen molar-refractivity contribution < 1.29 is 0 Å². The highest BCUT2D eigenvalue weighted by molar-refractivity contribution is 5.37. The number of nitrogens with zero attached hydrogens (tertiary/aromatic N) is 3. The summed E-state index contributed by atoms with van der Waals surface area (Å²) in [6.45, 7) is 3.93. The number of pyridine rings is 2. The molecule has 0 amide bonds. The van der Waals surface area contributed by atoms with Crippen molar-refractivity contribution in [1.82, 2.24) is 9.97 Å². The van der Waals surface area contributed by atoms with Crippen LogP contribution in [-0.2, 0) is 5.54 Å². The van der Waals surface area contributed by atoms with Crippen molar-refractivity contribution in [3.8, 4) is 0 Å². The second-order valence-electron chi connectivity index (χ2n) is 3.65.